The molecule has 2 rings (SSSR count). The third-order valence-electron chi connectivity index (χ3n) is 3.52. The average molecular weight is 352 g/mol. The maximum absolute atomic E-state index is 12.1. The van der Waals surface area contributed by atoms with Crippen LogP contribution in [0.15, 0.2) is 46.0 Å². The van der Waals surface area contributed by atoms with Crippen LogP contribution in [0.25, 0.3) is 0 Å². The van der Waals surface area contributed by atoms with E-state index in [2.05, 4.69) is 10.0 Å². The fraction of sp³-hybridized carbons (Fsp3) is 0.312. The van der Waals surface area contributed by atoms with Crippen LogP contribution in [0, 0.1) is 5.92 Å². The Morgan fingerprint density at radius 2 is 1.74 bits per heavy atom. The topological polar surface area (TPSA) is 75.3 Å². The first-order valence-electron chi connectivity index (χ1n) is 7.27. The van der Waals surface area contributed by atoms with Crippen molar-refractivity contribution < 1.29 is 13.2 Å². The fourth-order valence-corrected chi connectivity index (χ4v) is 3.82. The van der Waals surface area contributed by atoms with E-state index >= 15 is 0 Å². The van der Waals surface area contributed by atoms with Crippen molar-refractivity contribution in [2.45, 2.75) is 31.0 Å². The molecule has 0 aliphatic carbocycles. The summed E-state index contributed by atoms with van der Waals surface area (Å²) in [5, 5.41) is 4.62. The van der Waals surface area contributed by atoms with Crippen molar-refractivity contribution in [1.82, 2.24) is 5.32 Å². The summed E-state index contributed by atoms with van der Waals surface area (Å²) in [6, 6.07) is 9.67. The lowest BCUT2D eigenvalue weighted by Crippen LogP contribution is -2.36. The first-order valence-corrected chi connectivity index (χ1v) is 9.63. The highest BCUT2D eigenvalue weighted by atomic mass is 32.2. The molecule has 2 N–H and O–H groups in total. The van der Waals surface area contributed by atoms with Gasteiger partial charge in [0.2, 0.25) is 0 Å². The number of carbonyl (C=O) groups is 1. The first-order chi connectivity index (χ1) is 10.8. The zero-order chi connectivity index (χ0) is 17.0. The van der Waals surface area contributed by atoms with E-state index in [9.17, 15) is 13.2 Å². The Hall–Kier alpha value is -1.86. The highest BCUT2D eigenvalue weighted by Gasteiger charge is 2.16. The van der Waals surface area contributed by atoms with Gasteiger partial charge in [-0.2, -0.15) is 0 Å². The molecule has 0 fully saturated rings. The molecule has 2 aromatic rings. The summed E-state index contributed by atoms with van der Waals surface area (Å²) in [5.41, 5.74) is 0.920. The molecule has 124 valence electrons. The molecule has 1 amide bonds. The van der Waals surface area contributed by atoms with Crippen molar-refractivity contribution in [3.05, 3.63) is 47.3 Å². The van der Waals surface area contributed by atoms with Crippen molar-refractivity contribution in [3.63, 3.8) is 0 Å². The van der Waals surface area contributed by atoms with E-state index in [0.717, 1.165) is 11.3 Å². The molecule has 1 atom stereocenters. The van der Waals surface area contributed by atoms with E-state index in [1.807, 2.05) is 20.8 Å². The van der Waals surface area contributed by atoms with E-state index in [4.69, 9.17) is 0 Å². The van der Waals surface area contributed by atoms with Gasteiger partial charge in [-0.25, -0.2) is 8.42 Å². The van der Waals surface area contributed by atoms with Crippen molar-refractivity contribution in [3.8, 4) is 0 Å². The lowest BCUT2D eigenvalue weighted by molar-refractivity contribution is 0.0930. The summed E-state index contributed by atoms with van der Waals surface area (Å²) in [4.78, 5) is 12.1. The van der Waals surface area contributed by atoms with Gasteiger partial charge in [0.25, 0.3) is 15.9 Å². The van der Waals surface area contributed by atoms with Crippen LogP contribution in [-0.2, 0) is 10.0 Å². The molecule has 0 saturated heterocycles. The maximum Gasteiger partial charge on any atom is 0.271 e. The molecule has 1 heterocycles. The monoisotopic (exact) mass is 352 g/mol. The molecular weight excluding hydrogens is 332 g/mol. The van der Waals surface area contributed by atoms with Gasteiger partial charge in [0.1, 0.15) is 4.21 Å². The number of amides is 1. The molecular formula is C16H20N2O3S2. The molecule has 1 aromatic heterocycles. The molecule has 5 nitrogen and oxygen atoms in total. The van der Waals surface area contributed by atoms with Crippen LogP contribution >= 0.6 is 11.3 Å². The standard InChI is InChI=1S/C16H20N2O3S2/c1-11(2)12(3)17-16(19)13-6-8-14(9-7-13)18-23(20,21)15-5-4-10-22-15/h4-12,18H,1-3H3,(H,17,19)/t12-/m0/s1. The maximum atomic E-state index is 12.1. The highest BCUT2D eigenvalue weighted by molar-refractivity contribution is 7.94. The zero-order valence-corrected chi connectivity index (χ0v) is 14.9. The Bertz CT molecular complexity index is 751. The van der Waals surface area contributed by atoms with E-state index < -0.39 is 10.0 Å². The Kier molecular flexibility index (Phi) is 5.43. The Balaban J connectivity index is 2.07. The van der Waals surface area contributed by atoms with E-state index in [1.165, 1.54) is 0 Å². The third-order valence-corrected chi connectivity index (χ3v) is 6.30. The summed E-state index contributed by atoms with van der Waals surface area (Å²) >= 11 is 1.15. The number of anilines is 1. The van der Waals surface area contributed by atoms with Gasteiger partial charge < -0.3 is 5.32 Å². The first kappa shape index (κ1) is 17.5. The van der Waals surface area contributed by atoms with Crippen molar-refractivity contribution >= 4 is 33.0 Å². The van der Waals surface area contributed by atoms with Gasteiger partial charge in [0.15, 0.2) is 0 Å². The molecule has 1 aromatic carbocycles. The van der Waals surface area contributed by atoms with Gasteiger partial charge in [0.05, 0.1) is 0 Å². The number of hydrogen-bond donors (Lipinski definition) is 2. The molecule has 0 bridgehead atoms. The fourth-order valence-electron chi connectivity index (χ4n) is 1.77. The van der Waals surface area contributed by atoms with Crippen LogP contribution in [0.5, 0.6) is 0 Å². The lowest BCUT2D eigenvalue weighted by atomic mass is 10.1. The van der Waals surface area contributed by atoms with Crippen LogP contribution in [0.1, 0.15) is 31.1 Å². The van der Waals surface area contributed by atoms with Gasteiger partial charge in [0, 0.05) is 17.3 Å². The largest absolute Gasteiger partial charge is 0.349 e. The number of rotatable bonds is 6. The summed E-state index contributed by atoms with van der Waals surface area (Å²) in [6.45, 7) is 6.02. The molecule has 0 saturated carbocycles. The number of hydrogen-bond acceptors (Lipinski definition) is 4. The summed E-state index contributed by atoms with van der Waals surface area (Å²) in [6.07, 6.45) is 0. The predicted molar refractivity (Wildman–Crippen MR) is 93.3 cm³/mol. The predicted octanol–water partition coefficient (Wildman–Crippen LogP) is 3.32. The van der Waals surface area contributed by atoms with E-state index in [0.29, 0.717) is 17.2 Å². The normalized spacial score (nSPS) is 12.9. The van der Waals surface area contributed by atoms with Crippen molar-refractivity contribution in [1.29, 1.82) is 0 Å². The minimum absolute atomic E-state index is 0.0690. The molecule has 0 aliphatic rings. The number of carbonyl (C=O) groups excluding carboxylic acids is 1. The SMILES string of the molecule is CC(C)[C@H](C)NC(=O)c1ccc(NS(=O)(=O)c2cccs2)cc1. The Morgan fingerprint density at radius 1 is 1.09 bits per heavy atom. The minimum atomic E-state index is -3.57. The minimum Gasteiger partial charge on any atom is -0.349 e. The van der Waals surface area contributed by atoms with Crippen LogP contribution in [0.2, 0.25) is 0 Å². The zero-order valence-electron chi connectivity index (χ0n) is 13.2. The van der Waals surface area contributed by atoms with Gasteiger partial charge >= 0.3 is 0 Å². The summed E-state index contributed by atoms with van der Waals surface area (Å²) < 4.78 is 27.0. The highest BCUT2D eigenvalue weighted by Crippen LogP contribution is 2.20. The quantitative estimate of drug-likeness (QED) is 0.837. The number of thiophene rings is 1. The second-order valence-electron chi connectivity index (χ2n) is 5.62. The lowest BCUT2D eigenvalue weighted by Gasteiger charge is -2.17. The van der Waals surface area contributed by atoms with Crippen LogP contribution in [0.4, 0.5) is 5.69 Å². The average Bonchev–Trinajstić information content (AvgIpc) is 3.02. The van der Waals surface area contributed by atoms with E-state index in [1.54, 1.807) is 41.8 Å². The molecule has 7 heteroatoms. The molecule has 23 heavy (non-hydrogen) atoms. The van der Waals surface area contributed by atoms with E-state index in [-0.39, 0.29) is 16.2 Å². The Morgan fingerprint density at radius 3 is 2.26 bits per heavy atom. The second kappa shape index (κ2) is 7.14. The summed E-state index contributed by atoms with van der Waals surface area (Å²) in [5.74, 6) is 0.176. The molecule has 0 unspecified atom stereocenters. The van der Waals surface area contributed by atoms with Crippen molar-refractivity contribution in [2.75, 3.05) is 4.72 Å². The van der Waals surface area contributed by atoms with Crippen LogP contribution in [-0.4, -0.2) is 20.4 Å². The molecule has 0 radical (unpaired) electrons. The van der Waals surface area contributed by atoms with Gasteiger partial charge in [-0.15, -0.1) is 11.3 Å². The smallest absolute Gasteiger partial charge is 0.271 e. The molecule has 0 spiro atoms. The van der Waals surface area contributed by atoms with Crippen LogP contribution < -0.4 is 10.0 Å². The molecule has 0 aliphatic heterocycles. The second-order valence-corrected chi connectivity index (χ2v) is 8.48. The van der Waals surface area contributed by atoms with Gasteiger partial charge in [-0.3, -0.25) is 9.52 Å². The van der Waals surface area contributed by atoms with Crippen LogP contribution in [0.3, 0.4) is 0 Å². The summed E-state index contributed by atoms with van der Waals surface area (Å²) in [7, 11) is -3.57. The van der Waals surface area contributed by atoms with Gasteiger partial charge in [-0.05, 0) is 48.6 Å². The third kappa shape index (κ3) is 4.56. The number of nitrogens with one attached hydrogen (secondary N) is 2. The number of benzene rings is 1. The Labute approximate surface area is 140 Å². The van der Waals surface area contributed by atoms with Crippen molar-refractivity contribution in [2.24, 2.45) is 5.92 Å². The number of sulfonamides is 1. The van der Waals surface area contributed by atoms with Gasteiger partial charge in [-0.1, -0.05) is 19.9 Å².